The highest BCUT2D eigenvalue weighted by Crippen LogP contribution is 2.66. The van der Waals surface area contributed by atoms with Gasteiger partial charge in [0.15, 0.2) is 0 Å². The summed E-state index contributed by atoms with van der Waals surface area (Å²) in [6.45, 7) is 7.41. The van der Waals surface area contributed by atoms with Gasteiger partial charge in [-0.25, -0.2) is 0 Å². The molecule has 0 bridgehead atoms. The summed E-state index contributed by atoms with van der Waals surface area (Å²) in [5.74, 6) is 3.25. The highest BCUT2D eigenvalue weighted by molar-refractivity contribution is 5.28. The normalized spacial score (nSPS) is 48.9. The molecule has 2 nitrogen and oxygen atoms in total. The van der Waals surface area contributed by atoms with E-state index in [1.807, 2.05) is 0 Å². The van der Waals surface area contributed by atoms with Gasteiger partial charge in [-0.15, -0.1) is 0 Å². The largest absolute Gasteiger partial charge is 0.393 e. The summed E-state index contributed by atoms with van der Waals surface area (Å²) >= 11 is 0. The van der Waals surface area contributed by atoms with Crippen LogP contribution < -0.4 is 0 Å². The minimum absolute atomic E-state index is 0.0526. The van der Waals surface area contributed by atoms with E-state index in [4.69, 9.17) is 0 Å². The van der Waals surface area contributed by atoms with Crippen molar-refractivity contribution >= 4 is 0 Å². The third-order valence-electron chi connectivity index (χ3n) is 11.1. The third-order valence-corrected chi connectivity index (χ3v) is 11.1. The van der Waals surface area contributed by atoms with E-state index in [9.17, 15) is 10.2 Å². The molecule has 5 rings (SSSR count). The smallest absolute Gasteiger partial charge is 0.0593 e. The Balaban J connectivity index is 1.27. The summed E-state index contributed by atoms with van der Waals surface area (Å²) in [4.78, 5) is 0. The van der Waals surface area contributed by atoms with Crippen LogP contribution in [0.15, 0.2) is 11.6 Å². The van der Waals surface area contributed by atoms with E-state index >= 15 is 0 Å². The fourth-order valence-electron chi connectivity index (χ4n) is 8.52. The van der Waals surface area contributed by atoms with Crippen LogP contribution in [0.5, 0.6) is 0 Å². The van der Waals surface area contributed by atoms with Gasteiger partial charge in [0.1, 0.15) is 0 Å². The Morgan fingerprint density at radius 3 is 2.59 bits per heavy atom. The topological polar surface area (TPSA) is 40.5 Å². The Bertz CT molecular complexity index is 663. The molecule has 0 amide bonds. The molecule has 0 aliphatic heterocycles. The molecule has 5 aliphatic carbocycles. The molecule has 0 aromatic rings. The average Bonchev–Trinajstić information content (AvgIpc) is 3.35. The lowest BCUT2D eigenvalue weighted by atomic mass is 9.48. The molecule has 4 fully saturated rings. The van der Waals surface area contributed by atoms with Crippen molar-refractivity contribution in [2.24, 2.45) is 39.9 Å². The lowest BCUT2D eigenvalue weighted by Gasteiger charge is -2.56. The molecule has 29 heavy (non-hydrogen) atoms. The van der Waals surface area contributed by atoms with E-state index in [-0.39, 0.29) is 17.6 Å². The predicted octanol–water partition coefficient (Wildman–Crippen LogP) is 6.26. The van der Waals surface area contributed by atoms with Crippen LogP contribution in [0, 0.1) is 39.9 Å². The summed E-state index contributed by atoms with van der Waals surface area (Å²) in [6.07, 6.45) is 18.6. The lowest BCUT2D eigenvalue weighted by Crippen LogP contribution is -2.48. The zero-order valence-electron chi connectivity index (χ0n) is 19.1. The monoisotopic (exact) mass is 400 g/mol. The number of hydrogen-bond donors (Lipinski definition) is 2. The van der Waals surface area contributed by atoms with Crippen LogP contribution in [-0.4, -0.2) is 22.4 Å². The van der Waals surface area contributed by atoms with Gasteiger partial charge in [-0.3, -0.25) is 0 Å². The Morgan fingerprint density at radius 1 is 1.03 bits per heavy atom. The number of hydrogen-bond acceptors (Lipinski definition) is 2. The zero-order valence-corrected chi connectivity index (χ0v) is 19.1. The maximum atomic E-state index is 10.5. The minimum Gasteiger partial charge on any atom is -0.393 e. The van der Waals surface area contributed by atoms with Crippen LogP contribution in [0.2, 0.25) is 0 Å². The molecule has 8 unspecified atom stereocenters. The molecule has 0 heterocycles. The number of fused-ring (bicyclic) bond motifs is 5. The van der Waals surface area contributed by atoms with Crippen LogP contribution >= 0.6 is 0 Å². The standard InChI is InChI=1S/C27H44O2/c1-25(15-16-25)24(29)6-4-5-18-8-10-22-21-9-7-19-17-20(28)11-13-27(19,3)23(21)12-14-26(18,22)2/h12,18-22,24,28-29H,4-11,13-17H2,1-3H3. The van der Waals surface area contributed by atoms with Crippen molar-refractivity contribution in [1.82, 2.24) is 0 Å². The Kier molecular flexibility index (Phi) is 5.03. The summed E-state index contributed by atoms with van der Waals surface area (Å²) in [5.41, 5.74) is 2.92. The molecular formula is C27H44O2. The highest BCUT2D eigenvalue weighted by atomic mass is 16.3. The van der Waals surface area contributed by atoms with Gasteiger partial charge < -0.3 is 10.2 Å². The first-order valence-electron chi connectivity index (χ1n) is 12.8. The second-order valence-corrected chi connectivity index (χ2v) is 12.6. The fraction of sp³-hybridized carbons (Fsp3) is 0.926. The number of aliphatic hydroxyl groups is 2. The quantitative estimate of drug-likeness (QED) is 0.535. The highest BCUT2D eigenvalue weighted by Gasteiger charge is 2.56. The van der Waals surface area contributed by atoms with Crippen LogP contribution in [0.3, 0.4) is 0 Å². The van der Waals surface area contributed by atoms with Crippen molar-refractivity contribution in [3.8, 4) is 0 Å². The van der Waals surface area contributed by atoms with Crippen LogP contribution in [-0.2, 0) is 0 Å². The van der Waals surface area contributed by atoms with Crippen molar-refractivity contribution in [2.45, 2.75) is 116 Å². The van der Waals surface area contributed by atoms with E-state index in [1.54, 1.807) is 5.57 Å². The summed E-state index contributed by atoms with van der Waals surface area (Å²) in [5, 5.41) is 20.7. The van der Waals surface area contributed by atoms with Gasteiger partial charge in [0.2, 0.25) is 0 Å². The lowest BCUT2D eigenvalue weighted by molar-refractivity contribution is -0.0129. The molecule has 0 aromatic heterocycles. The van der Waals surface area contributed by atoms with E-state index in [2.05, 4.69) is 26.8 Å². The maximum absolute atomic E-state index is 10.5. The van der Waals surface area contributed by atoms with Crippen molar-refractivity contribution in [2.75, 3.05) is 0 Å². The van der Waals surface area contributed by atoms with Gasteiger partial charge >= 0.3 is 0 Å². The summed E-state index contributed by atoms with van der Waals surface area (Å²) < 4.78 is 0. The van der Waals surface area contributed by atoms with E-state index < -0.39 is 0 Å². The van der Waals surface area contributed by atoms with Gasteiger partial charge in [0.05, 0.1) is 12.2 Å². The van der Waals surface area contributed by atoms with Crippen LogP contribution in [0.25, 0.3) is 0 Å². The van der Waals surface area contributed by atoms with Crippen LogP contribution in [0.4, 0.5) is 0 Å². The Morgan fingerprint density at radius 2 is 1.83 bits per heavy atom. The van der Waals surface area contributed by atoms with Gasteiger partial charge in [0.25, 0.3) is 0 Å². The molecule has 164 valence electrons. The summed E-state index contributed by atoms with van der Waals surface area (Å²) in [6, 6.07) is 0. The first kappa shape index (κ1) is 20.6. The summed E-state index contributed by atoms with van der Waals surface area (Å²) in [7, 11) is 0. The average molecular weight is 401 g/mol. The van der Waals surface area contributed by atoms with Crippen molar-refractivity contribution in [1.29, 1.82) is 0 Å². The Hall–Kier alpha value is -0.340. The molecule has 5 aliphatic rings. The molecule has 8 atom stereocenters. The number of aliphatic hydroxyl groups excluding tert-OH is 2. The van der Waals surface area contributed by atoms with E-state index in [0.29, 0.717) is 16.7 Å². The van der Waals surface area contributed by atoms with Gasteiger partial charge in [-0.2, -0.15) is 0 Å². The van der Waals surface area contributed by atoms with Crippen LogP contribution in [0.1, 0.15) is 104 Å². The SMILES string of the molecule is CC1(C(O)CCCC2CCC3C4CCC5CC(O)CCC5(C)C4=CCC23C)CC1. The van der Waals surface area contributed by atoms with Crippen molar-refractivity contribution in [3.05, 3.63) is 11.6 Å². The molecule has 2 N–H and O–H groups in total. The third kappa shape index (κ3) is 3.27. The van der Waals surface area contributed by atoms with E-state index in [0.717, 1.165) is 37.0 Å². The molecule has 0 aromatic carbocycles. The van der Waals surface area contributed by atoms with Crippen molar-refractivity contribution in [3.63, 3.8) is 0 Å². The molecule has 0 spiro atoms. The molecule has 0 saturated heterocycles. The molecule has 2 heteroatoms. The van der Waals surface area contributed by atoms with Gasteiger partial charge in [-0.05, 0) is 117 Å². The maximum Gasteiger partial charge on any atom is 0.0593 e. The fourth-order valence-corrected chi connectivity index (χ4v) is 8.52. The van der Waals surface area contributed by atoms with Gasteiger partial charge in [-0.1, -0.05) is 38.8 Å². The second kappa shape index (κ2) is 7.09. The second-order valence-electron chi connectivity index (χ2n) is 12.6. The first-order valence-corrected chi connectivity index (χ1v) is 12.8. The molecule has 0 radical (unpaired) electrons. The minimum atomic E-state index is -0.0674. The van der Waals surface area contributed by atoms with E-state index in [1.165, 1.54) is 64.2 Å². The van der Waals surface area contributed by atoms with Gasteiger partial charge in [0, 0.05) is 0 Å². The zero-order chi connectivity index (χ0) is 20.4. The van der Waals surface area contributed by atoms with Crippen molar-refractivity contribution < 1.29 is 10.2 Å². The number of allylic oxidation sites excluding steroid dienone is 2. The Labute approximate surface area is 178 Å². The predicted molar refractivity (Wildman–Crippen MR) is 118 cm³/mol. The molecule has 4 saturated carbocycles. The first-order chi connectivity index (χ1) is 13.8. The molecular weight excluding hydrogens is 356 g/mol. The number of rotatable bonds is 5.